The molecule has 0 heterocycles. The van der Waals surface area contributed by atoms with E-state index in [1.165, 1.54) is 11.9 Å². The molecule has 134 valence electrons. The Balaban J connectivity index is 1.72. The second-order valence-corrected chi connectivity index (χ2v) is 6.15. The molecule has 2 N–H and O–H groups in total. The zero-order chi connectivity index (χ0) is 19.4. The third-order valence-electron chi connectivity index (χ3n) is 4.13. The number of nitrogens with one attached hydrogen (secondary N) is 1. The van der Waals surface area contributed by atoms with Gasteiger partial charge in [0.1, 0.15) is 5.75 Å². The molecule has 0 atom stereocenters. The Morgan fingerprint density at radius 2 is 1.78 bits per heavy atom. The molecule has 0 fully saturated rings. The Labute approximate surface area is 157 Å². The van der Waals surface area contributed by atoms with Crippen molar-refractivity contribution in [2.45, 2.75) is 0 Å². The number of benzene rings is 3. The molecule has 0 aliphatic heterocycles. The highest BCUT2D eigenvalue weighted by Gasteiger charge is 2.19. The number of nitrogens with zero attached hydrogens (tertiary/aromatic N) is 1. The highest BCUT2D eigenvalue weighted by molar-refractivity contribution is 6.03. The van der Waals surface area contributed by atoms with Crippen molar-refractivity contribution in [3.05, 3.63) is 71.8 Å². The second-order valence-electron chi connectivity index (χ2n) is 6.15. The first-order valence-corrected chi connectivity index (χ1v) is 8.31. The number of carbonyl (C=O) groups is 2. The fourth-order valence-electron chi connectivity index (χ4n) is 2.78. The third kappa shape index (κ3) is 4.07. The molecule has 5 heteroatoms. The molecule has 27 heavy (non-hydrogen) atoms. The van der Waals surface area contributed by atoms with E-state index in [2.05, 4.69) is 11.2 Å². The molecule has 0 bridgehead atoms. The average Bonchev–Trinajstić information content (AvgIpc) is 2.66. The largest absolute Gasteiger partial charge is 0.507 e. The maximum absolute atomic E-state index is 12.7. The number of anilines is 1. The van der Waals surface area contributed by atoms with Gasteiger partial charge in [-0.25, -0.2) is 0 Å². The third-order valence-corrected chi connectivity index (χ3v) is 4.13. The van der Waals surface area contributed by atoms with Gasteiger partial charge in [0.2, 0.25) is 5.91 Å². The lowest BCUT2D eigenvalue weighted by Crippen LogP contribution is -2.35. The molecule has 0 saturated heterocycles. The standard InChI is InChI=1S/C22H18N2O3/c1-3-15-7-6-10-18(11-15)23-21(26)14-24(2)22(27)19-12-16-8-4-5-9-17(16)13-20(19)25/h1,4-13,25H,14H2,2H3,(H,23,26). The van der Waals surface area contributed by atoms with Crippen molar-refractivity contribution in [3.63, 3.8) is 0 Å². The molecule has 0 aliphatic rings. The number of aromatic hydroxyl groups is 1. The van der Waals surface area contributed by atoms with Crippen LogP contribution in [-0.2, 0) is 4.79 Å². The van der Waals surface area contributed by atoms with Gasteiger partial charge in [0.05, 0.1) is 12.1 Å². The molecule has 2 amide bonds. The zero-order valence-electron chi connectivity index (χ0n) is 14.8. The number of hydrogen-bond donors (Lipinski definition) is 2. The molecule has 5 nitrogen and oxygen atoms in total. The Hall–Kier alpha value is -3.78. The summed E-state index contributed by atoms with van der Waals surface area (Å²) in [6.07, 6.45) is 5.35. The van der Waals surface area contributed by atoms with Gasteiger partial charge >= 0.3 is 0 Å². The van der Waals surface area contributed by atoms with Gasteiger partial charge in [-0.3, -0.25) is 9.59 Å². The quantitative estimate of drug-likeness (QED) is 0.704. The summed E-state index contributed by atoms with van der Waals surface area (Å²) in [5, 5.41) is 14.6. The van der Waals surface area contributed by atoms with Crippen LogP contribution in [0.4, 0.5) is 5.69 Å². The minimum absolute atomic E-state index is 0.118. The molecule has 3 aromatic carbocycles. The zero-order valence-corrected chi connectivity index (χ0v) is 14.8. The summed E-state index contributed by atoms with van der Waals surface area (Å²) in [5.41, 5.74) is 1.36. The van der Waals surface area contributed by atoms with E-state index >= 15 is 0 Å². The first kappa shape index (κ1) is 18.0. The van der Waals surface area contributed by atoms with Gasteiger partial charge in [0.25, 0.3) is 5.91 Å². The number of likely N-dealkylation sites (N-methyl/N-ethyl adjacent to an activating group) is 1. The van der Waals surface area contributed by atoms with Gasteiger partial charge in [0.15, 0.2) is 0 Å². The minimum atomic E-state index is -0.439. The van der Waals surface area contributed by atoms with E-state index in [1.807, 2.05) is 24.3 Å². The van der Waals surface area contributed by atoms with E-state index in [9.17, 15) is 14.7 Å². The molecule has 0 spiro atoms. The van der Waals surface area contributed by atoms with Crippen LogP contribution in [0.5, 0.6) is 5.75 Å². The molecule has 0 radical (unpaired) electrons. The van der Waals surface area contributed by atoms with E-state index in [4.69, 9.17) is 6.42 Å². The molecule has 0 unspecified atom stereocenters. The number of phenolic OH excluding ortho intramolecular Hbond substituents is 1. The first-order chi connectivity index (χ1) is 13.0. The Kier molecular flexibility index (Phi) is 5.09. The van der Waals surface area contributed by atoms with E-state index in [0.717, 1.165) is 10.8 Å². The van der Waals surface area contributed by atoms with Gasteiger partial charge in [-0.15, -0.1) is 6.42 Å². The summed E-state index contributed by atoms with van der Waals surface area (Å²) < 4.78 is 0. The molecule has 3 rings (SSSR count). The number of carbonyl (C=O) groups excluding carboxylic acids is 2. The smallest absolute Gasteiger partial charge is 0.257 e. The maximum Gasteiger partial charge on any atom is 0.257 e. The van der Waals surface area contributed by atoms with Crippen molar-refractivity contribution in [3.8, 4) is 18.1 Å². The monoisotopic (exact) mass is 358 g/mol. The molecular weight excluding hydrogens is 340 g/mol. The highest BCUT2D eigenvalue weighted by atomic mass is 16.3. The van der Waals surface area contributed by atoms with Crippen molar-refractivity contribution in [2.75, 3.05) is 18.9 Å². The summed E-state index contributed by atoms with van der Waals surface area (Å²) >= 11 is 0. The van der Waals surface area contributed by atoms with Crippen molar-refractivity contribution < 1.29 is 14.7 Å². The predicted octanol–water partition coefficient (Wildman–Crippen LogP) is 3.24. The Bertz CT molecular complexity index is 1070. The van der Waals surface area contributed by atoms with Crippen molar-refractivity contribution in [1.29, 1.82) is 0 Å². The SMILES string of the molecule is C#Cc1cccc(NC(=O)CN(C)C(=O)c2cc3ccccc3cc2O)c1. The van der Waals surface area contributed by atoms with Crippen LogP contribution in [0, 0.1) is 12.3 Å². The lowest BCUT2D eigenvalue weighted by molar-refractivity contribution is -0.116. The molecule has 3 aromatic rings. The van der Waals surface area contributed by atoms with E-state index < -0.39 is 5.91 Å². The van der Waals surface area contributed by atoms with Crippen LogP contribution in [0.1, 0.15) is 15.9 Å². The second kappa shape index (κ2) is 7.63. The fourth-order valence-corrected chi connectivity index (χ4v) is 2.78. The van der Waals surface area contributed by atoms with Crippen LogP contribution in [0.2, 0.25) is 0 Å². The summed E-state index contributed by atoms with van der Waals surface area (Å²) in [5.74, 6) is 1.58. The molecule has 0 aliphatic carbocycles. The van der Waals surface area contributed by atoms with Gasteiger partial charge in [0, 0.05) is 18.3 Å². The Morgan fingerprint density at radius 1 is 1.07 bits per heavy atom. The van der Waals surface area contributed by atoms with Crippen LogP contribution in [0.3, 0.4) is 0 Å². The summed E-state index contributed by atoms with van der Waals surface area (Å²) in [6, 6.07) is 17.5. The van der Waals surface area contributed by atoms with Crippen LogP contribution in [0.25, 0.3) is 10.8 Å². The van der Waals surface area contributed by atoms with Gasteiger partial charge in [-0.2, -0.15) is 0 Å². The van der Waals surface area contributed by atoms with Crippen molar-refractivity contribution in [1.82, 2.24) is 4.90 Å². The summed E-state index contributed by atoms with van der Waals surface area (Å²) in [6.45, 7) is -0.161. The predicted molar refractivity (Wildman–Crippen MR) is 106 cm³/mol. The lowest BCUT2D eigenvalue weighted by atomic mass is 10.1. The van der Waals surface area contributed by atoms with E-state index in [1.54, 1.807) is 36.4 Å². The number of hydrogen-bond acceptors (Lipinski definition) is 3. The minimum Gasteiger partial charge on any atom is -0.507 e. The van der Waals surface area contributed by atoms with Crippen LogP contribution in [0.15, 0.2) is 60.7 Å². The topological polar surface area (TPSA) is 69.6 Å². The van der Waals surface area contributed by atoms with E-state index in [-0.39, 0.29) is 23.8 Å². The average molecular weight is 358 g/mol. The van der Waals surface area contributed by atoms with Crippen molar-refractivity contribution >= 4 is 28.3 Å². The molecule has 0 saturated carbocycles. The first-order valence-electron chi connectivity index (χ1n) is 8.31. The van der Waals surface area contributed by atoms with Crippen LogP contribution < -0.4 is 5.32 Å². The van der Waals surface area contributed by atoms with Gasteiger partial charge in [-0.1, -0.05) is 36.3 Å². The van der Waals surface area contributed by atoms with Crippen LogP contribution >= 0.6 is 0 Å². The normalized spacial score (nSPS) is 10.2. The molecular formula is C22H18N2O3. The van der Waals surface area contributed by atoms with Gasteiger partial charge < -0.3 is 15.3 Å². The number of amides is 2. The number of rotatable bonds is 4. The highest BCUT2D eigenvalue weighted by Crippen LogP contribution is 2.25. The Morgan fingerprint density at radius 3 is 2.48 bits per heavy atom. The lowest BCUT2D eigenvalue weighted by Gasteiger charge is -2.18. The van der Waals surface area contributed by atoms with Crippen LogP contribution in [-0.4, -0.2) is 35.4 Å². The molecule has 0 aromatic heterocycles. The fraction of sp³-hybridized carbons (Fsp3) is 0.0909. The summed E-state index contributed by atoms with van der Waals surface area (Å²) in [7, 11) is 1.51. The maximum atomic E-state index is 12.7. The number of fused-ring (bicyclic) bond motifs is 1. The van der Waals surface area contributed by atoms with Gasteiger partial charge in [-0.05, 0) is 41.1 Å². The van der Waals surface area contributed by atoms with E-state index in [0.29, 0.717) is 11.3 Å². The summed E-state index contributed by atoms with van der Waals surface area (Å²) in [4.78, 5) is 26.1. The number of terminal acetylenes is 1. The number of phenols is 1. The van der Waals surface area contributed by atoms with Crippen molar-refractivity contribution in [2.24, 2.45) is 0 Å².